The Bertz CT molecular complexity index is 653. The summed E-state index contributed by atoms with van der Waals surface area (Å²) in [6.07, 6.45) is 4.22. The number of halogens is 1. The van der Waals surface area contributed by atoms with Gasteiger partial charge in [-0.3, -0.25) is 4.98 Å². The summed E-state index contributed by atoms with van der Waals surface area (Å²) in [6, 6.07) is 3.74. The molecule has 0 amide bonds. The van der Waals surface area contributed by atoms with Gasteiger partial charge in [0.1, 0.15) is 0 Å². The zero-order valence-corrected chi connectivity index (χ0v) is 13.7. The molecule has 0 aliphatic carbocycles. The van der Waals surface area contributed by atoms with Crippen LogP contribution in [0.3, 0.4) is 0 Å². The summed E-state index contributed by atoms with van der Waals surface area (Å²) in [5.41, 5.74) is 2.92. The van der Waals surface area contributed by atoms with Gasteiger partial charge in [-0.2, -0.15) is 0 Å². The minimum Gasteiger partial charge on any atom is -0.465 e. The van der Waals surface area contributed by atoms with Crippen molar-refractivity contribution in [1.29, 1.82) is 0 Å². The number of esters is 1. The molecule has 2 aromatic rings. The Kier molecular flexibility index (Phi) is 5.57. The Hall–Kier alpha value is -1.85. The van der Waals surface area contributed by atoms with Gasteiger partial charge in [0.05, 0.1) is 23.4 Å². The van der Waals surface area contributed by atoms with Crippen molar-refractivity contribution in [2.75, 3.05) is 20.8 Å². The molecule has 0 aromatic carbocycles. The van der Waals surface area contributed by atoms with Gasteiger partial charge in [-0.05, 0) is 25.5 Å². The van der Waals surface area contributed by atoms with E-state index in [0.29, 0.717) is 23.7 Å². The average Bonchev–Trinajstić information content (AvgIpc) is 2.78. The first-order valence-corrected chi connectivity index (χ1v) is 7.35. The molecule has 0 atom stereocenters. The maximum Gasteiger partial charge on any atom is 0.341 e. The van der Waals surface area contributed by atoms with E-state index in [1.807, 2.05) is 23.6 Å². The lowest BCUT2D eigenvalue weighted by Crippen LogP contribution is -2.07. The lowest BCUT2D eigenvalue weighted by Gasteiger charge is -2.11. The minimum atomic E-state index is -0.428. The number of aromatic nitrogens is 2. The van der Waals surface area contributed by atoms with E-state index < -0.39 is 5.97 Å². The predicted octanol–water partition coefficient (Wildman–Crippen LogP) is 3.34. The molecule has 0 spiro atoms. The van der Waals surface area contributed by atoms with Crippen LogP contribution in [0.2, 0.25) is 5.02 Å². The first kappa shape index (κ1) is 16.5. The van der Waals surface area contributed by atoms with Crippen LogP contribution in [0.1, 0.15) is 22.5 Å². The van der Waals surface area contributed by atoms with Crippen molar-refractivity contribution in [2.45, 2.75) is 19.9 Å². The summed E-state index contributed by atoms with van der Waals surface area (Å²) < 4.78 is 12.0. The van der Waals surface area contributed by atoms with Crippen LogP contribution in [-0.2, 0) is 16.0 Å². The first-order chi connectivity index (χ1) is 10.6. The molecule has 0 fully saturated rings. The highest BCUT2D eigenvalue weighted by atomic mass is 35.5. The van der Waals surface area contributed by atoms with Crippen molar-refractivity contribution in [1.82, 2.24) is 9.55 Å². The molecule has 0 saturated carbocycles. The van der Waals surface area contributed by atoms with Crippen molar-refractivity contribution in [3.63, 3.8) is 0 Å². The van der Waals surface area contributed by atoms with E-state index in [4.69, 9.17) is 21.1 Å². The Morgan fingerprint density at radius 1 is 1.32 bits per heavy atom. The Labute approximate surface area is 134 Å². The highest BCUT2D eigenvalue weighted by Gasteiger charge is 2.25. The summed E-state index contributed by atoms with van der Waals surface area (Å²) >= 11 is 6.48. The van der Waals surface area contributed by atoms with Gasteiger partial charge in [-0.15, -0.1) is 0 Å². The van der Waals surface area contributed by atoms with Gasteiger partial charge in [-0.1, -0.05) is 11.6 Å². The van der Waals surface area contributed by atoms with Gasteiger partial charge in [0.25, 0.3) is 0 Å². The molecule has 118 valence electrons. The molecule has 6 heteroatoms. The molecule has 2 aromatic heterocycles. The highest BCUT2D eigenvalue weighted by Crippen LogP contribution is 2.36. The van der Waals surface area contributed by atoms with Gasteiger partial charge in [0.2, 0.25) is 0 Å². The number of ether oxygens (including phenoxy) is 2. The summed E-state index contributed by atoms with van der Waals surface area (Å²) in [5.74, 6) is -0.428. The van der Waals surface area contributed by atoms with Gasteiger partial charge in [-0.25, -0.2) is 4.79 Å². The quantitative estimate of drug-likeness (QED) is 0.604. The Balaban J connectivity index is 2.56. The molecule has 22 heavy (non-hydrogen) atoms. The molecule has 0 radical (unpaired) electrons. The molecule has 0 bridgehead atoms. The van der Waals surface area contributed by atoms with Crippen molar-refractivity contribution in [3.8, 4) is 11.3 Å². The monoisotopic (exact) mass is 322 g/mol. The molecular weight excluding hydrogens is 304 g/mol. The van der Waals surface area contributed by atoms with E-state index in [2.05, 4.69) is 4.98 Å². The SMILES string of the molecule is COCCCn1c(C)c(C(=O)OC)c(Cl)c1-c1ccncc1. The van der Waals surface area contributed by atoms with Crippen molar-refractivity contribution in [3.05, 3.63) is 40.8 Å². The van der Waals surface area contributed by atoms with Crippen molar-refractivity contribution in [2.24, 2.45) is 0 Å². The third-order valence-electron chi connectivity index (χ3n) is 3.54. The third kappa shape index (κ3) is 3.15. The predicted molar refractivity (Wildman–Crippen MR) is 85.2 cm³/mol. The number of hydrogen-bond donors (Lipinski definition) is 0. The number of rotatable bonds is 6. The molecule has 5 nitrogen and oxygen atoms in total. The van der Waals surface area contributed by atoms with Crippen LogP contribution in [0.5, 0.6) is 0 Å². The summed E-state index contributed by atoms with van der Waals surface area (Å²) in [6.45, 7) is 3.21. The Morgan fingerprint density at radius 3 is 2.59 bits per heavy atom. The van der Waals surface area contributed by atoms with E-state index in [9.17, 15) is 4.79 Å². The lowest BCUT2D eigenvalue weighted by molar-refractivity contribution is 0.0600. The van der Waals surface area contributed by atoms with Crippen molar-refractivity contribution >= 4 is 17.6 Å². The van der Waals surface area contributed by atoms with Crippen LogP contribution in [0, 0.1) is 6.92 Å². The van der Waals surface area contributed by atoms with Crippen LogP contribution < -0.4 is 0 Å². The summed E-state index contributed by atoms with van der Waals surface area (Å²) in [5, 5.41) is 0.410. The molecule has 0 saturated heterocycles. The fraction of sp³-hybridized carbons (Fsp3) is 0.375. The van der Waals surface area contributed by atoms with E-state index >= 15 is 0 Å². The van der Waals surface area contributed by atoms with Crippen molar-refractivity contribution < 1.29 is 14.3 Å². The fourth-order valence-electron chi connectivity index (χ4n) is 2.48. The van der Waals surface area contributed by atoms with E-state index in [0.717, 1.165) is 23.4 Å². The Morgan fingerprint density at radius 2 is 2.00 bits per heavy atom. The second-order valence-electron chi connectivity index (χ2n) is 4.85. The number of methoxy groups -OCH3 is 2. The fourth-order valence-corrected chi connectivity index (χ4v) is 2.90. The maximum atomic E-state index is 12.0. The summed E-state index contributed by atoms with van der Waals surface area (Å²) in [4.78, 5) is 16.0. The topological polar surface area (TPSA) is 53.4 Å². The van der Waals surface area contributed by atoms with Gasteiger partial charge in [0, 0.05) is 43.9 Å². The molecule has 0 aliphatic heterocycles. The largest absolute Gasteiger partial charge is 0.465 e. The normalized spacial score (nSPS) is 10.7. The van der Waals surface area contributed by atoms with Gasteiger partial charge in [0.15, 0.2) is 0 Å². The third-order valence-corrected chi connectivity index (χ3v) is 3.91. The molecule has 2 rings (SSSR count). The van der Waals surface area contributed by atoms with E-state index in [-0.39, 0.29) is 0 Å². The number of carbonyl (C=O) groups is 1. The number of carbonyl (C=O) groups excluding carboxylic acids is 1. The molecule has 2 heterocycles. The zero-order chi connectivity index (χ0) is 16.1. The summed E-state index contributed by atoms with van der Waals surface area (Å²) in [7, 11) is 3.02. The van der Waals surface area contributed by atoms with Crippen LogP contribution in [0.4, 0.5) is 0 Å². The molecular formula is C16H19ClN2O3. The van der Waals surface area contributed by atoms with Crippen LogP contribution in [-0.4, -0.2) is 36.3 Å². The van der Waals surface area contributed by atoms with E-state index in [1.54, 1.807) is 19.5 Å². The molecule has 0 aliphatic rings. The average molecular weight is 323 g/mol. The van der Waals surface area contributed by atoms with Crippen LogP contribution in [0.15, 0.2) is 24.5 Å². The maximum absolute atomic E-state index is 12.0. The lowest BCUT2D eigenvalue weighted by atomic mass is 10.1. The van der Waals surface area contributed by atoms with Crippen LogP contribution >= 0.6 is 11.6 Å². The second kappa shape index (κ2) is 7.42. The van der Waals surface area contributed by atoms with E-state index in [1.165, 1.54) is 7.11 Å². The van der Waals surface area contributed by atoms with Crippen LogP contribution in [0.25, 0.3) is 11.3 Å². The standard InChI is InChI=1S/C16H19ClN2O3/c1-11-13(16(20)22-3)14(17)15(12-5-7-18-8-6-12)19(11)9-4-10-21-2/h5-8H,4,9-10H2,1-3H3. The second-order valence-corrected chi connectivity index (χ2v) is 5.23. The smallest absolute Gasteiger partial charge is 0.341 e. The van der Waals surface area contributed by atoms with Gasteiger partial charge >= 0.3 is 5.97 Å². The number of nitrogens with zero attached hydrogens (tertiary/aromatic N) is 2. The number of pyridine rings is 1. The minimum absolute atomic E-state index is 0.410. The first-order valence-electron chi connectivity index (χ1n) is 6.98. The van der Waals surface area contributed by atoms with Gasteiger partial charge < -0.3 is 14.0 Å². The highest BCUT2D eigenvalue weighted by molar-refractivity contribution is 6.36. The zero-order valence-electron chi connectivity index (χ0n) is 12.9. The number of hydrogen-bond acceptors (Lipinski definition) is 4. The molecule has 0 N–H and O–H groups in total. The molecule has 0 unspecified atom stereocenters.